The number of nitrogens with zero attached hydrogens (tertiary/aromatic N) is 4. The minimum atomic E-state index is -0.0703. The van der Waals surface area contributed by atoms with Gasteiger partial charge in [-0.05, 0) is 31.4 Å². The minimum absolute atomic E-state index is 0.0657. The molecule has 5 nitrogen and oxygen atoms in total. The molecule has 0 N–H and O–H groups in total. The summed E-state index contributed by atoms with van der Waals surface area (Å²) in [5.41, 5.74) is 3.19. The van der Waals surface area contributed by atoms with E-state index in [1.54, 1.807) is 28.0 Å². The van der Waals surface area contributed by atoms with Crippen LogP contribution in [0, 0.1) is 0 Å². The Morgan fingerprint density at radius 3 is 2.58 bits per heavy atom. The van der Waals surface area contributed by atoms with Gasteiger partial charge in [0.05, 0.1) is 16.3 Å². The SMILES string of the molecule is CN=c1scc(-c2cccs2)n1N=C1C(=O)N(C(C)C)c2ccccc21. The number of carbonyl (C=O) groups excluding carboxylic acids is 1. The normalized spacial score (nSPS) is 16.2. The van der Waals surface area contributed by atoms with Gasteiger partial charge in [-0.15, -0.1) is 22.7 Å². The molecule has 26 heavy (non-hydrogen) atoms. The van der Waals surface area contributed by atoms with Crippen LogP contribution >= 0.6 is 22.7 Å². The van der Waals surface area contributed by atoms with Crippen LogP contribution < -0.4 is 9.70 Å². The van der Waals surface area contributed by atoms with Crippen molar-refractivity contribution < 1.29 is 4.79 Å². The summed E-state index contributed by atoms with van der Waals surface area (Å²) in [7, 11) is 1.74. The number of para-hydroxylation sites is 1. The first-order chi connectivity index (χ1) is 12.6. The third-order valence-corrected chi connectivity index (χ3v) is 6.01. The second kappa shape index (κ2) is 6.66. The topological polar surface area (TPSA) is 50.0 Å². The molecule has 0 unspecified atom stereocenters. The molecule has 132 valence electrons. The molecule has 0 spiro atoms. The average molecular weight is 383 g/mol. The fraction of sp³-hybridized carbons (Fsp3) is 0.211. The number of anilines is 1. The number of amides is 1. The average Bonchev–Trinajstić information content (AvgIpc) is 3.34. The second-order valence-corrected chi connectivity index (χ2v) is 7.94. The van der Waals surface area contributed by atoms with E-state index in [0.29, 0.717) is 5.71 Å². The number of thiophene rings is 1. The molecule has 7 heteroatoms. The lowest BCUT2D eigenvalue weighted by molar-refractivity contribution is -0.112. The molecule has 0 bridgehead atoms. The van der Waals surface area contributed by atoms with Crippen molar-refractivity contribution in [1.29, 1.82) is 0 Å². The second-order valence-electron chi connectivity index (χ2n) is 6.15. The molecule has 0 radical (unpaired) electrons. The minimum Gasteiger partial charge on any atom is -0.304 e. The molecule has 1 aliphatic rings. The molecule has 3 heterocycles. The lowest BCUT2D eigenvalue weighted by atomic mass is 10.1. The van der Waals surface area contributed by atoms with Crippen LogP contribution in [-0.4, -0.2) is 29.4 Å². The van der Waals surface area contributed by atoms with E-state index >= 15 is 0 Å². The zero-order valence-electron chi connectivity index (χ0n) is 14.7. The molecule has 0 saturated heterocycles. The van der Waals surface area contributed by atoms with E-state index in [9.17, 15) is 4.79 Å². The number of aromatic nitrogens is 1. The summed E-state index contributed by atoms with van der Waals surface area (Å²) in [6, 6.07) is 11.9. The maximum Gasteiger partial charge on any atom is 0.279 e. The van der Waals surface area contributed by atoms with Crippen LogP contribution in [0.3, 0.4) is 0 Å². The number of fused-ring (bicyclic) bond motifs is 1. The van der Waals surface area contributed by atoms with Gasteiger partial charge in [0, 0.05) is 24.0 Å². The number of hydrogen-bond acceptors (Lipinski definition) is 5. The van der Waals surface area contributed by atoms with Gasteiger partial charge in [-0.25, -0.2) is 4.68 Å². The van der Waals surface area contributed by atoms with Crippen molar-refractivity contribution in [2.24, 2.45) is 10.1 Å². The first-order valence-corrected chi connectivity index (χ1v) is 10.1. The molecular weight excluding hydrogens is 364 g/mol. The van der Waals surface area contributed by atoms with Gasteiger partial charge in [0.15, 0.2) is 5.71 Å². The molecule has 1 aliphatic heterocycles. The van der Waals surface area contributed by atoms with E-state index < -0.39 is 0 Å². The zero-order valence-corrected chi connectivity index (χ0v) is 16.3. The highest BCUT2D eigenvalue weighted by atomic mass is 32.1. The fourth-order valence-electron chi connectivity index (χ4n) is 3.07. The van der Waals surface area contributed by atoms with Crippen LogP contribution in [0.5, 0.6) is 0 Å². The van der Waals surface area contributed by atoms with Gasteiger partial charge < -0.3 is 4.90 Å². The molecule has 0 atom stereocenters. The highest BCUT2D eigenvalue weighted by Gasteiger charge is 2.35. The molecule has 2 aromatic heterocycles. The highest BCUT2D eigenvalue weighted by Crippen LogP contribution is 2.32. The van der Waals surface area contributed by atoms with Crippen molar-refractivity contribution in [3.63, 3.8) is 0 Å². The lowest BCUT2D eigenvalue weighted by Crippen LogP contribution is -2.36. The van der Waals surface area contributed by atoms with Crippen molar-refractivity contribution >= 4 is 40.0 Å². The van der Waals surface area contributed by atoms with Crippen molar-refractivity contribution in [2.75, 3.05) is 11.9 Å². The Bertz CT molecular complexity index is 1060. The van der Waals surface area contributed by atoms with Crippen LogP contribution in [0.15, 0.2) is 57.3 Å². The van der Waals surface area contributed by atoms with Gasteiger partial charge in [0.25, 0.3) is 5.91 Å². The summed E-state index contributed by atoms with van der Waals surface area (Å²) in [4.78, 5) is 21.1. The van der Waals surface area contributed by atoms with Crippen LogP contribution in [0.2, 0.25) is 0 Å². The van der Waals surface area contributed by atoms with E-state index in [2.05, 4.69) is 4.99 Å². The number of carbonyl (C=O) groups is 1. The van der Waals surface area contributed by atoms with Crippen LogP contribution in [0.1, 0.15) is 19.4 Å². The lowest BCUT2D eigenvalue weighted by Gasteiger charge is -2.20. The van der Waals surface area contributed by atoms with E-state index in [1.807, 2.05) is 61.0 Å². The number of hydrogen-bond donors (Lipinski definition) is 0. The number of rotatable bonds is 3. The summed E-state index contributed by atoms with van der Waals surface area (Å²) >= 11 is 3.16. The van der Waals surface area contributed by atoms with Gasteiger partial charge in [-0.2, -0.15) is 5.10 Å². The van der Waals surface area contributed by atoms with Crippen molar-refractivity contribution in [1.82, 2.24) is 4.68 Å². The van der Waals surface area contributed by atoms with Gasteiger partial charge in [0.1, 0.15) is 0 Å². The monoisotopic (exact) mass is 382 g/mol. The molecule has 1 amide bonds. The quantitative estimate of drug-likeness (QED) is 0.679. The largest absolute Gasteiger partial charge is 0.304 e. The third kappa shape index (κ3) is 2.64. The predicted molar refractivity (Wildman–Crippen MR) is 108 cm³/mol. The summed E-state index contributed by atoms with van der Waals surface area (Å²) < 4.78 is 1.78. The Morgan fingerprint density at radius 2 is 1.88 bits per heavy atom. The summed E-state index contributed by atoms with van der Waals surface area (Å²) in [5, 5.41) is 8.83. The molecule has 1 aromatic carbocycles. The van der Waals surface area contributed by atoms with Gasteiger partial charge in [-0.3, -0.25) is 9.79 Å². The Morgan fingerprint density at radius 1 is 1.08 bits per heavy atom. The molecular formula is C19H18N4OS2. The first kappa shape index (κ1) is 16.9. The number of benzene rings is 1. The van der Waals surface area contributed by atoms with Gasteiger partial charge in [0.2, 0.25) is 4.80 Å². The summed E-state index contributed by atoms with van der Waals surface area (Å²) in [6.07, 6.45) is 0. The van der Waals surface area contributed by atoms with Crippen LogP contribution in [-0.2, 0) is 4.79 Å². The summed E-state index contributed by atoms with van der Waals surface area (Å²) in [6.45, 7) is 4.03. The Labute approximate surface area is 159 Å². The van der Waals surface area contributed by atoms with Crippen molar-refractivity contribution in [2.45, 2.75) is 19.9 Å². The van der Waals surface area contributed by atoms with Gasteiger partial charge >= 0.3 is 0 Å². The third-order valence-electron chi connectivity index (χ3n) is 4.21. The van der Waals surface area contributed by atoms with E-state index in [4.69, 9.17) is 5.10 Å². The maximum absolute atomic E-state index is 13.1. The van der Waals surface area contributed by atoms with E-state index in [-0.39, 0.29) is 11.9 Å². The van der Waals surface area contributed by atoms with Crippen molar-refractivity contribution in [3.05, 3.63) is 57.5 Å². The smallest absolute Gasteiger partial charge is 0.279 e. The van der Waals surface area contributed by atoms with Crippen LogP contribution in [0.25, 0.3) is 10.6 Å². The van der Waals surface area contributed by atoms with Crippen molar-refractivity contribution in [3.8, 4) is 10.6 Å². The Balaban J connectivity index is 1.93. The summed E-state index contributed by atoms with van der Waals surface area (Å²) in [5.74, 6) is -0.0703. The Hall–Kier alpha value is -2.51. The van der Waals surface area contributed by atoms with Gasteiger partial charge in [-0.1, -0.05) is 24.3 Å². The maximum atomic E-state index is 13.1. The molecule has 0 saturated carbocycles. The Kier molecular flexibility index (Phi) is 4.34. The first-order valence-electron chi connectivity index (χ1n) is 8.31. The molecule has 4 rings (SSSR count). The molecule has 3 aromatic rings. The molecule has 0 aliphatic carbocycles. The zero-order chi connectivity index (χ0) is 18.3. The highest BCUT2D eigenvalue weighted by molar-refractivity contribution is 7.14. The fourth-order valence-corrected chi connectivity index (χ4v) is 4.66. The van der Waals surface area contributed by atoms with E-state index in [1.165, 1.54) is 11.3 Å². The van der Waals surface area contributed by atoms with E-state index in [0.717, 1.165) is 26.6 Å². The standard InChI is InChI=1S/C19H18N4OS2/c1-12(2)22-14-8-5-4-7-13(14)17(18(22)24)21-23-15(11-26-19(23)20-3)16-9-6-10-25-16/h4-12H,1-3H3. The molecule has 0 fully saturated rings. The predicted octanol–water partition coefficient (Wildman–Crippen LogP) is 3.82. The number of thiazole rings is 1. The van der Waals surface area contributed by atoms with Crippen LogP contribution in [0.4, 0.5) is 5.69 Å².